The number of hydrogen-bond donors (Lipinski definition) is 0. The summed E-state index contributed by atoms with van der Waals surface area (Å²) in [6, 6.07) is 2.14. The Balaban J connectivity index is 2.48. The topological polar surface area (TPSA) is 62.5 Å². The van der Waals surface area contributed by atoms with Crippen LogP contribution in [0.3, 0.4) is 0 Å². The van der Waals surface area contributed by atoms with Crippen LogP contribution in [0.4, 0.5) is 0 Å². The fraction of sp³-hybridized carbons (Fsp3) is 0.200. The Morgan fingerprint density at radius 2 is 2.33 bits per heavy atom. The highest BCUT2D eigenvalue weighted by atomic mass is 32.1. The number of hydrogen-bond acceptors (Lipinski definition) is 5. The summed E-state index contributed by atoms with van der Waals surface area (Å²) in [5.41, 5.74) is 1.56. The molecular weight excluding hydrogens is 208 g/mol. The number of rotatable bonds is 2. The van der Waals surface area contributed by atoms with Gasteiger partial charge in [-0.25, -0.2) is 4.98 Å². The van der Waals surface area contributed by atoms with E-state index in [1.165, 1.54) is 11.3 Å². The zero-order valence-corrected chi connectivity index (χ0v) is 8.95. The Morgan fingerprint density at radius 1 is 1.47 bits per heavy atom. The Bertz CT molecular complexity index is 498. The quantitative estimate of drug-likeness (QED) is 0.770. The Morgan fingerprint density at radius 3 is 2.87 bits per heavy atom. The van der Waals surface area contributed by atoms with E-state index in [-0.39, 0.29) is 0 Å². The zero-order valence-electron chi connectivity index (χ0n) is 8.14. The molecule has 0 saturated heterocycles. The van der Waals surface area contributed by atoms with E-state index in [0.717, 1.165) is 22.8 Å². The highest BCUT2D eigenvalue weighted by Gasteiger charge is 2.11. The van der Waals surface area contributed by atoms with Crippen LogP contribution in [0.1, 0.15) is 17.5 Å². The molecule has 0 spiro atoms. The van der Waals surface area contributed by atoms with Gasteiger partial charge in [0.05, 0.1) is 11.9 Å². The van der Waals surface area contributed by atoms with Crippen molar-refractivity contribution in [2.24, 2.45) is 0 Å². The van der Waals surface area contributed by atoms with Gasteiger partial charge in [0, 0.05) is 12.4 Å². The second kappa shape index (κ2) is 4.15. The fourth-order valence-electron chi connectivity index (χ4n) is 1.20. The summed E-state index contributed by atoms with van der Waals surface area (Å²) in [4.78, 5) is 13.1. The van der Waals surface area contributed by atoms with E-state index in [1.807, 2.05) is 6.92 Å². The molecule has 74 valence electrons. The molecule has 0 atom stereocenters. The first-order valence-electron chi connectivity index (χ1n) is 4.51. The highest BCUT2D eigenvalue weighted by molar-refractivity contribution is 7.15. The van der Waals surface area contributed by atoms with E-state index in [0.29, 0.717) is 4.88 Å². The van der Waals surface area contributed by atoms with E-state index < -0.39 is 0 Å². The van der Waals surface area contributed by atoms with Crippen molar-refractivity contribution < 1.29 is 0 Å². The van der Waals surface area contributed by atoms with Gasteiger partial charge in [-0.15, -0.1) is 11.3 Å². The molecule has 0 radical (unpaired) electrons. The molecular formula is C10H8N4S. The zero-order chi connectivity index (χ0) is 10.7. The van der Waals surface area contributed by atoms with Crippen LogP contribution in [0.15, 0.2) is 18.6 Å². The second-order valence-corrected chi connectivity index (χ2v) is 3.85. The van der Waals surface area contributed by atoms with Gasteiger partial charge in [0.1, 0.15) is 21.6 Å². The van der Waals surface area contributed by atoms with Crippen LogP contribution in [0.2, 0.25) is 0 Å². The van der Waals surface area contributed by atoms with Crippen LogP contribution in [0, 0.1) is 11.3 Å². The number of aryl methyl sites for hydroxylation is 1. The molecule has 0 aliphatic heterocycles. The molecule has 0 bridgehead atoms. The Hall–Kier alpha value is -1.80. The van der Waals surface area contributed by atoms with Crippen molar-refractivity contribution in [3.63, 3.8) is 0 Å². The molecule has 0 fully saturated rings. The van der Waals surface area contributed by atoms with Crippen molar-refractivity contribution in [3.8, 4) is 16.8 Å². The lowest BCUT2D eigenvalue weighted by molar-refractivity contribution is 1.05. The molecule has 0 aliphatic carbocycles. The Labute approximate surface area is 91.3 Å². The molecule has 0 aromatic carbocycles. The third kappa shape index (κ3) is 1.85. The third-order valence-electron chi connectivity index (χ3n) is 1.92. The molecule has 0 unspecified atom stereocenters. The summed E-state index contributed by atoms with van der Waals surface area (Å²) in [6.07, 6.45) is 5.65. The minimum absolute atomic E-state index is 0.665. The first-order valence-corrected chi connectivity index (χ1v) is 5.33. The predicted molar refractivity (Wildman–Crippen MR) is 57.2 cm³/mol. The molecule has 0 aliphatic rings. The summed E-state index contributed by atoms with van der Waals surface area (Å²) >= 11 is 1.36. The molecule has 5 heteroatoms. The van der Waals surface area contributed by atoms with Crippen molar-refractivity contribution in [2.75, 3.05) is 0 Å². The number of nitrogens with zero attached hydrogens (tertiary/aromatic N) is 4. The maximum absolute atomic E-state index is 8.89. The average molecular weight is 216 g/mol. The van der Waals surface area contributed by atoms with Crippen LogP contribution in [0.5, 0.6) is 0 Å². The van der Waals surface area contributed by atoms with Crippen LogP contribution >= 0.6 is 11.3 Å². The van der Waals surface area contributed by atoms with Gasteiger partial charge in [0.15, 0.2) is 0 Å². The van der Waals surface area contributed by atoms with Crippen LogP contribution in [-0.2, 0) is 6.42 Å². The van der Waals surface area contributed by atoms with Crippen LogP contribution < -0.4 is 0 Å². The van der Waals surface area contributed by atoms with Gasteiger partial charge < -0.3 is 0 Å². The molecule has 2 rings (SSSR count). The standard InChI is InChI=1S/C10H8N4S/c1-2-7-9(5-11)15-10(14-7)8-6-12-3-4-13-8/h3-4,6H,2H2,1H3. The second-order valence-electron chi connectivity index (χ2n) is 2.85. The minimum Gasteiger partial charge on any atom is -0.261 e. The van der Waals surface area contributed by atoms with Crippen LogP contribution in [0.25, 0.3) is 10.7 Å². The summed E-state index contributed by atoms with van der Waals surface area (Å²) in [7, 11) is 0. The van der Waals surface area contributed by atoms with Gasteiger partial charge in [0.25, 0.3) is 0 Å². The first kappa shape index (κ1) is 9.74. The molecule has 2 aromatic heterocycles. The molecule has 2 heterocycles. The van der Waals surface area contributed by atoms with Crippen molar-refractivity contribution in [1.82, 2.24) is 15.0 Å². The maximum atomic E-state index is 8.89. The van der Waals surface area contributed by atoms with E-state index >= 15 is 0 Å². The summed E-state index contributed by atoms with van der Waals surface area (Å²) in [5, 5.41) is 9.65. The lowest BCUT2D eigenvalue weighted by atomic mass is 10.3. The maximum Gasteiger partial charge on any atom is 0.145 e. The van der Waals surface area contributed by atoms with E-state index in [4.69, 9.17) is 5.26 Å². The highest BCUT2D eigenvalue weighted by Crippen LogP contribution is 2.25. The molecule has 2 aromatic rings. The first-order chi connectivity index (χ1) is 7.35. The monoisotopic (exact) mass is 216 g/mol. The lowest BCUT2D eigenvalue weighted by Crippen LogP contribution is -1.85. The average Bonchev–Trinajstić information content (AvgIpc) is 2.73. The summed E-state index contributed by atoms with van der Waals surface area (Å²) in [6.45, 7) is 1.98. The van der Waals surface area contributed by atoms with Gasteiger partial charge in [-0.1, -0.05) is 6.92 Å². The number of thiazole rings is 1. The summed E-state index contributed by atoms with van der Waals surface area (Å²) < 4.78 is 0. The van der Waals surface area contributed by atoms with E-state index in [2.05, 4.69) is 21.0 Å². The predicted octanol–water partition coefficient (Wildman–Crippen LogP) is 2.03. The Kier molecular flexibility index (Phi) is 2.70. The fourth-order valence-corrected chi connectivity index (χ4v) is 2.11. The van der Waals surface area contributed by atoms with Gasteiger partial charge >= 0.3 is 0 Å². The third-order valence-corrected chi connectivity index (χ3v) is 2.94. The number of nitriles is 1. The molecule has 0 N–H and O–H groups in total. The molecule has 4 nitrogen and oxygen atoms in total. The van der Waals surface area contributed by atoms with Crippen molar-refractivity contribution in [1.29, 1.82) is 5.26 Å². The van der Waals surface area contributed by atoms with E-state index in [9.17, 15) is 0 Å². The number of aromatic nitrogens is 3. The lowest BCUT2D eigenvalue weighted by Gasteiger charge is -1.91. The van der Waals surface area contributed by atoms with Crippen molar-refractivity contribution in [3.05, 3.63) is 29.2 Å². The molecule has 0 saturated carbocycles. The van der Waals surface area contributed by atoms with Crippen LogP contribution in [-0.4, -0.2) is 15.0 Å². The molecule has 0 amide bonds. The van der Waals surface area contributed by atoms with E-state index in [1.54, 1.807) is 18.6 Å². The minimum atomic E-state index is 0.665. The normalized spacial score (nSPS) is 9.87. The largest absolute Gasteiger partial charge is 0.261 e. The summed E-state index contributed by atoms with van der Waals surface area (Å²) in [5.74, 6) is 0. The van der Waals surface area contributed by atoms with Gasteiger partial charge in [-0.05, 0) is 6.42 Å². The SMILES string of the molecule is CCc1nc(-c2cnccn2)sc1C#N. The van der Waals surface area contributed by atoms with Crippen molar-refractivity contribution in [2.45, 2.75) is 13.3 Å². The van der Waals surface area contributed by atoms with Crippen molar-refractivity contribution >= 4 is 11.3 Å². The molecule has 15 heavy (non-hydrogen) atoms. The van der Waals surface area contributed by atoms with Gasteiger partial charge in [-0.3, -0.25) is 9.97 Å². The van der Waals surface area contributed by atoms with Gasteiger partial charge in [0.2, 0.25) is 0 Å². The smallest absolute Gasteiger partial charge is 0.145 e. The van der Waals surface area contributed by atoms with Gasteiger partial charge in [-0.2, -0.15) is 5.26 Å².